The average molecular weight is 232 g/mol. The topological polar surface area (TPSA) is 105 Å². The van der Waals surface area contributed by atoms with E-state index in [1.54, 1.807) is 5.48 Å². The van der Waals surface area contributed by atoms with Crippen molar-refractivity contribution in [3.8, 4) is 0 Å². The molecule has 6 nitrogen and oxygen atoms in total. The molecular weight excluding hydrogens is 208 g/mol. The summed E-state index contributed by atoms with van der Waals surface area (Å²) in [4.78, 5) is 13.1. The molecule has 0 saturated carbocycles. The van der Waals surface area contributed by atoms with Crippen LogP contribution in [0.1, 0.15) is 25.7 Å². The lowest BCUT2D eigenvalue weighted by Gasteiger charge is -2.21. The first kappa shape index (κ1) is 15.3. The van der Waals surface area contributed by atoms with Crippen LogP contribution in [0, 0.1) is 0 Å². The second-order valence-electron chi connectivity index (χ2n) is 3.76. The molecule has 0 aromatic heterocycles. The molecule has 0 fully saturated rings. The third-order valence-corrected chi connectivity index (χ3v) is 2.36. The van der Waals surface area contributed by atoms with Crippen molar-refractivity contribution < 1.29 is 10.0 Å². The molecule has 0 aliphatic rings. The molecule has 0 spiro atoms. The van der Waals surface area contributed by atoms with Crippen LogP contribution in [0.2, 0.25) is 0 Å². The zero-order valence-corrected chi connectivity index (χ0v) is 9.82. The summed E-state index contributed by atoms with van der Waals surface area (Å²) in [6.45, 7) is 4.08. The third-order valence-electron chi connectivity index (χ3n) is 2.36. The van der Waals surface area contributed by atoms with Crippen molar-refractivity contribution in [2.45, 2.75) is 25.7 Å². The van der Waals surface area contributed by atoms with Crippen LogP contribution >= 0.6 is 0 Å². The third kappa shape index (κ3) is 8.60. The number of hydrogen-bond acceptors (Lipinski definition) is 5. The van der Waals surface area contributed by atoms with E-state index in [2.05, 4.69) is 4.90 Å². The van der Waals surface area contributed by atoms with E-state index in [9.17, 15) is 4.79 Å². The van der Waals surface area contributed by atoms with Gasteiger partial charge in [-0.25, -0.2) is 5.48 Å². The zero-order chi connectivity index (χ0) is 12.2. The molecule has 0 aliphatic carbocycles. The van der Waals surface area contributed by atoms with Gasteiger partial charge in [-0.15, -0.1) is 0 Å². The van der Waals surface area contributed by atoms with Crippen molar-refractivity contribution in [1.29, 1.82) is 0 Å². The maximum atomic E-state index is 10.8. The fraction of sp³-hybridized carbons (Fsp3) is 0.900. The number of nitrogens with two attached hydrogens (primary N) is 2. The fourth-order valence-electron chi connectivity index (χ4n) is 1.48. The van der Waals surface area contributed by atoms with Gasteiger partial charge in [0.05, 0.1) is 0 Å². The average Bonchev–Trinajstić information content (AvgIpc) is 2.31. The minimum atomic E-state index is -0.336. The van der Waals surface area contributed by atoms with Gasteiger partial charge in [0.2, 0.25) is 5.91 Å². The molecule has 0 aliphatic heterocycles. The Labute approximate surface area is 96.9 Å². The van der Waals surface area contributed by atoms with Gasteiger partial charge in [-0.1, -0.05) is 0 Å². The minimum absolute atomic E-state index is 0.336. The normalized spacial score (nSPS) is 10.8. The molecule has 0 aromatic rings. The summed E-state index contributed by atoms with van der Waals surface area (Å²) in [5, 5.41) is 8.34. The summed E-state index contributed by atoms with van der Waals surface area (Å²) in [6, 6.07) is 0. The lowest BCUT2D eigenvalue weighted by Crippen LogP contribution is -2.30. The van der Waals surface area contributed by atoms with Crippen LogP contribution in [-0.4, -0.2) is 48.7 Å². The van der Waals surface area contributed by atoms with E-state index in [4.69, 9.17) is 16.7 Å². The highest BCUT2D eigenvalue weighted by atomic mass is 16.5. The monoisotopic (exact) mass is 232 g/mol. The SMILES string of the molecule is NCCCN(CCCN)CCCC(=O)NO. The Balaban J connectivity index is 3.67. The zero-order valence-electron chi connectivity index (χ0n) is 9.82. The fourth-order valence-corrected chi connectivity index (χ4v) is 1.48. The van der Waals surface area contributed by atoms with E-state index in [0.29, 0.717) is 19.5 Å². The van der Waals surface area contributed by atoms with E-state index >= 15 is 0 Å². The first-order valence-electron chi connectivity index (χ1n) is 5.80. The van der Waals surface area contributed by atoms with Crippen LogP contribution in [0.4, 0.5) is 0 Å². The van der Waals surface area contributed by atoms with Gasteiger partial charge >= 0.3 is 0 Å². The van der Waals surface area contributed by atoms with Crippen molar-refractivity contribution in [2.24, 2.45) is 11.5 Å². The molecule has 0 unspecified atom stereocenters. The molecule has 0 radical (unpaired) electrons. The first-order valence-corrected chi connectivity index (χ1v) is 5.80. The summed E-state index contributed by atoms with van der Waals surface area (Å²) in [5.41, 5.74) is 12.5. The molecule has 6 heteroatoms. The smallest absolute Gasteiger partial charge is 0.243 e. The second kappa shape index (κ2) is 10.8. The van der Waals surface area contributed by atoms with Crippen molar-refractivity contribution in [2.75, 3.05) is 32.7 Å². The molecule has 0 aromatic carbocycles. The van der Waals surface area contributed by atoms with Crippen LogP contribution in [-0.2, 0) is 4.79 Å². The van der Waals surface area contributed by atoms with Gasteiger partial charge in [-0.3, -0.25) is 10.0 Å². The number of hydrogen-bond donors (Lipinski definition) is 4. The Morgan fingerprint density at radius 3 is 2.00 bits per heavy atom. The Bertz CT molecular complexity index is 170. The number of amides is 1. The maximum Gasteiger partial charge on any atom is 0.243 e. The lowest BCUT2D eigenvalue weighted by molar-refractivity contribution is -0.129. The predicted octanol–water partition coefficient (Wildman–Crippen LogP) is -0.728. The molecule has 1 amide bonds. The van der Waals surface area contributed by atoms with Gasteiger partial charge in [0.25, 0.3) is 0 Å². The Hall–Kier alpha value is -0.690. The van der Waals surface area contributed by atoms with Gasteiger partial charge in [0.15, 0.2) is 0 Å². The maximum absolute atomic E-state index is 10.8. The van der Waals surface area contributed by atoms with Gasteiger partial charge in [-0.05, 0) is 52.0 Å². The first-order chi connectivity index (χ1) is 7.74. The predicted molar refractivity (Wildman–Crippen MR) is 62.9 cm³/mol. The van der Waals surface area contributed by atoms with Crippen LogP contribution in [0.25, 0.3) is 0 Å². The highest BCUT2D eigenvalue weighted by molar-refractivity contribution is 5.74. The standard InChI is InChI=1S/C10H24N4O2/c11-5-2-8-14(9-3-6-12)7-1-4-10(15)13-16/h16H,1-9,11-12H2,(H,13,15). The Morgan fingerprint density at radius 2 is 1.56 bits per heavy atom. The van der Waals surface area contributed by atoms with Gasteiger partial charge < -0.3 is 16.4 Å². The highest BCUT2D eigenvalue weighted by Crippen LogP contribution is 1.98. The molecule has 0 rings (SSSR count). The quantitative estimate of drug-likeness (QED) is 0.294. The summed E-state index contributed by atoms with van der Waals surface area (Å²) < 4.78 is 0. The van der Waals surface area contributed by atoms with Crippen molar-refractivity contribution in [3.05, 3.63) is 0 Å². The highest BCUT2D eigenvalue weighted by Gasteiger charge is 2.05. The lowest BCUT2D eigenvalue weighted by atomic mass is 10.2. The molecular formula is C10H24N4O2. The largest absolute Gasteiger partial charge is 0.330 e. The molecule has 96 valence electrons. The second-order valence-corrected chi connectivity index (χ2v) is 3.76. The van der Waals surface area contributed by atoms with Crippen LogP contribution in [0.5, 0.6) is 0 Å². The van der Waals surface area contributed by atoms with Crippen molar-refractivity contribution >= 4 is 5.91 Å². The number of rotatable bonds is 10. The molecule has 0 bridgehead atoms. The number of nitrogens with zero attached hydrogens (tertiary/aromatic N) is 1. The summed E-state index contributed by atoms with van der Waals surface area (Å²) in [7, 11) is 0. The molecule has 16 heavy (non-hydrogen) atoms. The molecule has 0 heterocycles. The number of hydroxylamine groups is 1. The Morgan fingerprint density at radius 1 is 1.06 bits per heavy atom. The number of nitrogens with one attached hydrogen (secondary N) is 1. The van der Waals surface area contributed by atoms with Gasteiger partial charge in [-0.2, -0.15) is 0 Å². The van der Waals surface area contributed by atoms with E-state index in [1.165, 1.54) is 0 Å². The summed E-state index contributed by atoms with van der Waals surface area (Å²) in [5.74, 6) is -0.336. The van der Waals surface area contributed by atoms with Crippen LogP contribution in [0.3, 0.4) is 0 Å². The van der Waals surface area contributed by atoms with Crippen LogP contribution in [0.15, 0.2) is 0 Å². The van der Waals surface area contributed by atoms with Crippen molar-refractivity contribution in [1.82, 2.24) is 10.4 Å². The van der Waals surface area contributed by atoms with E-state index in [-0.39, 0.29) is 5.91 Å². The minimum Gasteiger partial charge on any atom is -0.330 e. The number of carbonyl (C=O) groups is 1. The van der Waals surface area contributed by atoms with E-state index in [0.717, 1.165) is 38.9 Å². The molecule has 0 saturated heterocycles. The Kier molecular flexibility index (Phi) is 10.3. The van der Waals surface area contributed by atoms with E-state index in [1.807, 2.05) is 0 Å². The molecule has 0 atom stereocenters. The number of carbonyl (C=O) groups excluding carboxylic acids is 1. The summed E-state index contributed by atoms with van der Waals surface area (Å²) >= 11 is 0. The summed E-state index contributed by atoms with van der Waals surface area (Å²) in [6.07, 6.45) is 2.99. The van der Waals surface area contributed by atoms with E-state index < -0.39 is 0 Å². The van der Waals surface area contributed by atoms with Crippen LogP contribution < -0.4 is 16.9 Å². The molecule has 6 N–H and O–H groups in total. The van der Waals surface area contributed by atoms with Gasteiger partial charge in [0, 0.05) is 6.42 Å². The van der Waals surface area contributed by atoms with Gasteiger partial charge in [0.1, 0.15) is 0 Å². The van der Waals surface area contributed by atoms with Crippen molar-refractivity contribution in [3.63, 3.8) is 0 Å².